The fourth-order valence-corrected chi connectivity index (χ4v) is 4.72. The summed E-state index contributed by atoms with van der Waals surface area (Å²) in [6.07, 6.45) is 6.77. The molecule has 6 heteroatoms. The van der Waals surface area contributed by atoms with Crippen LogP contribution in [-0.2, 0) is 14.8 Å². The van der Waals surface area contributed by atoms with Gasteiger partial charge in [0.15, 0.2) is 0 Å². The average Bonchev–Trinajstić information content (AvgIpc) is 2.55. The number of piperidine rings is 1. The number of nitrogens with zero attached hydrogens (tertiary/aromatic N) is 1. The van der Waals surface area contributed by atoms with Crippen LogP contribution in [0.1, 0.15) is 65.7 Å². The van der Waals surface area contributed by atoms with Gasteiger partial charge >= 0.3 is 0 Å². The van der Waals surface area contributed by atoms with Gasteiger partial charge in [-0.15, -0.1) is 0 Å². The summed E-state index contributed by atoms with van der Waals surface area (Å²) < 4.78 is 25.9. The second kappa shape index (κ2) is 10.3. The quantitative estimate of drug-likeness (QED) is 0.661. The highest BCUT2D eigenvalue weighted by atomic mass is 32.2. The highest BCUT2D eigenvalue weighted by molar-refractivity contribution is 7.89. The first kappa shape index (κ1) is 20.4. The van der Waals surface area contributed by atoms with Gasteiger partial charge in [0.25, 0.3) is 0 Å². The predicted molar refractivity (Wildman–Crippen MR) is 94.7 cm³/mol. The van der Waals surface area contributed by atoms with E-state index in [1.54, 1.807) is 0 Å². The largest absolute Gasteiger partial charge is 0.356 e. The van der Waals surface area contributed by atoms with Crippen LogP contribution in [0.15, 0.2) is 0 Å². The van der Waals surface area contributed by atoms with Gasteiger partial charge < -0.3 is 5.32 Å². The minimum Gasteiger partial charge on any atom is -0.356 e. The molecule has 5 nitrogen and oxygen atoms in total. The summed E-state index contributed by atoms with van der Waals surface area (Å²) in [5, 5.41) is 3.06. The molecule has 0 aliphatic carbocycles. The van der Waals surface area contributed by atoms with Gasteiger partial charge in [0, 0.05) is 19.6 Å². The molecule has 2 atom stereocenters. The number of hydrogen-bond donors (Lipinski definition) is 1. The summed E-state index contributed by atoms with van der Waals surface area (Å²) in [7, 11) is -3.19. The molecule has 1 rings (SSSR count). The Kier molecular flexibility index (Phi) is 9.14. The molecule has 1 heterocycles. The Morgan fingerprint density at radius 3 is 2.61 bits per heavy atom. The Morgan fingerprint density at radius 2 is 2.00 bits per heavy atom. The van der Waals surface area contributed by atoms with Gasteiger partial charge in [-0.1, -0.05) is 40.0 Å². The second-order valence-electron chi connectivity index (χ2n) is 6.67. The van der Waals surface area contributed by atoms with Crippen molar-refractivity contribution in [1.82, 2.24) is 9.62 Å². The van der Waals surface area contributed by atoms with E-state index in [4.69, 9.17) is 0 Å². The van der Waals surface area contributed by atoms with E-state index in [0.717, 1.165) is 25.7 Å². The van der Waals surface area contributed by atoms with Gasteiger partial charge in [-0.05, 0) is 31.6 Å². The third kappa shape index (κ3) is 6.79. The van der Waals surface area contributed by atoms with Crippen LogP contribution in [0.3, 0.4) is 0 Å². The molecule has 0 aromatic carbocycles. The molecule has 0 saturated carbocycles. The number of nitrogens with one attached hydrogen (secondary N) is 1. The van der Waals surface area contributed by atoms with E-state index in [1.807, 2.05) is 6.92 Å². The molecule has 1 fully saturated rings. The van der Waals surface area contributed by atoms with Gasteiger partial charge in [-0.2, -0.15) is 0 Å². The van der Waals surface area contributed by atoms with E-state index in [1.165, 1.54) is 17.1 Å². The Morgan fingerprint density at radius 1 is 1.26 bits per heavy atom. The molecule has 1 amide bonds. The summed E-state index contributed by atoms with van der Waals surface area (Å²) in [5.74, 6) is 0.536. The van der Waals surface area contributed by atoms with Crippen molar-refractivity contribution in [2.45, 2.75) is 65.7 Å². The number of unbranched alkanes of at least 4 members (excludes halogenated alkanes) is 1. The maximum atomic E-state index is 12.4. The SMILES string of the molecule is CCCC[C@H](CC)CNC(=O)[C@H]1CCCN(S(=O)(=O)CCC)C1. The second-order valence-corrected chi connectivity index (χ2v) is 8.76. The number of carbonyl (C=O) groups excluding carboxylic acids is 1. The minimum absolute atomic E-state index is 0.0244. The third-order valence-electron chi connectivity index (χ3n) is 4.72. The van der Waals surface area contributed by atoms with Crippen molar-refractivity contribution in [1.29, 1.82) is 0 Å². The molecule has 0 unspecified atom stereocenters. The number of amides is 1. The van der Waals surface area contributed by atoms with E-state index in [-0.39, 0.29) is 17.6 Å². The molecule has 136 valence electrons. The van der Waals surface area contributed by atoms with Gasteiger partial charge in [0.2, 0.25) is 15.9 Å². The fraction of sp³-hybridized carbons (Fsp3) is 0.941. The van der Waals surface area contributed by atoms with Crippen LogP contribution in [0.5, 0.6) is 0 Å². The molecular formula is C17H34N2O3S. The molecule has 1 aliphatic heterocycles. The minimum atomic E-state index is -3.19. The lowest BCUT2D eigenvalue weighted by Crippen LogP contribution is -2.46. The van der Waals surface area contributed by atoms with E-state index in [2.05, 4.69) is 19.2 Å². The van der Waals surface area contributed by atoms with Crippen LogP contribution >= 0.6 is 0 Å². The summed E-state index contributed by atoms with van der Waals surface area (Å²) >= 11 is 0. The van der Waals surface area contributed by atoms with Crippen LogP contribution in [0, 0.1) is 11.8 Å². The predicted octanol–water partition coefficient (Wildman–Crippen LogP) is 2.77. The molecule has 0 bridgehead atoms. The van der Waals surface area contributed by atoms with Crippen LogP contribution in [0.4, 0.5) is 0 Å². The molecule has 0 spiro atoms. The first-order valence-corrected chi connectivity index (χ1v) is 10.8. The Hall–Kier alpha value is -0.620. The van der Waals surface area contributed by atoms with Crippen molar-refractivity contribution in [3.8, 4) is 0 Å². The first-order valence-electron chi connectivity index (χ1n) is 9.20. The zero-order valence-electron chi connectivity index (χ0n) is 15.0. The van der Waals surface area contributed by atoms with E-state index in [9.17, 15) is 13.2 Å². The summed E-state index contributed by atoms with van der Waals surface area (Å²) in [4.78, 5) is 12.4. The van der Waals surface area contributed by atoms with Gasteiger partial charge in [0.05, 0.1) is 11.7 Å². The molecule has 0 aromatic rings. The summed E-state index contributed by atoms with van der Waals surface area (Å²) in [6.45, 7) is 7.82. The Bertz CT molecular complexity index is 451. The van der Waals surface area contributed by atoms with Gasteiger partial charge in [-0.25, -0.2) is 12.7 Å². The topological polar surface area (TPSA) is 66.5 Å². The maximum absolute atomic E-state index is 12.4. The standard InChI is InChI=1S/C17H34N2O3S/c1-4-7-9-15(6-3)13-18-17(20)16-10-8-11-19(14-16)23(21,22)12-5-2/h15-16H,4-14H2,1-3H3,(H,18,20)/t15-,16-/m0/s1. The van der Waals surface area contributed by atoms with Crippen molar-refractivity contribution in [3.63, 3.8) is 0 Å². The molecule has 1 N–H and O–H groups in total. The number of carbonyl (C=O) groups is 1. The van der Waals surface area contributed by atoms with Gasteiger partial charge in [-0.3, -0.25) is 4.79 Å². The highest BCUT2D eigenvalue weighted by Crippen LogP contribution is 2.20. The lowest BCUT2D eigenvalue weighted by molar-refractivity contribution is -0.126. The third-order valence-corrected chi connectivity index (χ3v) is 6.76. The molecular weight excluding hydrogens is 312 g/mol. The van der Waals surface area contributed by atoms with Crippen LogP contribution in [-0.4, -0.2) is 44.0 Å². The highest BCUT2D eigenvalue weighted by Gasteiger charge is 2.31. The molecule has 1 saturated heterocycles. The number of rotatable bonds is 10. The molecule has 0 aromatic heterocycles. The van der Waals surface area contributed by atoms with E-state index < -0.39 is 10.0 Å². The molecule has 0 radical (unpaired) electrons. The number of hydrogen-bond acceptors (Lipinski definition) is 3. The molecule has 1 aliphatic rings. The maximum Gasteiger partial charge on any atom is 0.224 e. The normalized spacial score (nSPS) is 21.1. The summed E-state index contributed by atoms with van der Waals surface area (Å²) in [5.41, 5.74) is 0. The van der Waals surface area contributed by atoms with Crippen LogP contribution in [0.25, 0.3) is 0 Å². The van der Waals surface area contributed by atoms with E-state index in [0.29, 0.717) is 32.0 Å². The zero-order valence-corrected chi connectivity index (χ0v) is 15.8. The van der Waals surface area contributed by atoms with Crippen molar-refractivity contribution >= 4 is 15.9 Å². The summed E-state index contributed by atoms with van der Waals surface area (Å²) in [6, 6.07) is 0. The lowest BCUT2D eigenvalue weighted by atomic mass is 9.96. The van der Waals surface area contributed by atoms with Crippen molar-refractivity contribution in [2.24, 2.45) is 11.8 Å². The van der Waals surface area contributed by atoms with Crippen molar-refractivity contribution < 1.29 is 13.2 Å². The zero-order chi connectivity index (χ0) is 17.3. The smallest absolute Gasteiger partial charge is 0.224 e. The first-order chi connectivity index (χ1) is 10.9. The monoisotopic (exact) mass is 346 g/mol. The van der Waals surface area contributed by atoms with E-state index >= 15 is 0 Å². The van der Waals surface area contributed by atoms with Crippen molar-refractivity contribution in [3.05, 3.63) is 0 Å². The van der Waals surface area contributed by atoms with Crippen LogP contribution < -0.4 is 5.32 Å². The number of sulfonamides is 1. The Balaban J connectivity index is 2.49. The Labute approximate surface area is 142 Å². The fourth-order valence-electron chi connectivity index (χ4n) is 3.13. The van der Waals surface area contributed by atoms with Crippen LogP contribution in [0.2, 0.25) is 0 Å². The average molecular weight is 347 g/mol. The van der Waals surface area contributed by atoms with Crippen molar-refractivity contribution in [2.75, 3.05) is 25.4 Å². The van der Waals surface area contributed by atoms with Gasteiger partial charge in [0.1, 0.15) is 0 Å². The molecule has 23 heavy (non-hydrogen) atoms. The lowest BCUT2D eigenvalue weighted by Gasteiger charge is -2.31.